The van der Waals surface area contributed by atoms with Crippen LogP contribution in [-0.2, 0) is 9.53 Å². The third kappa shape index (κ3) is 6.99. The quantitative estimate of drug-likeness (QED) is 0.352. The van der Waals surface area contributed by atoms with Crippen LogP contribution in [0.5, 0.6) is 0 Å². The molecule has 7 heteroatoms. The molecule has 1 unspecified atom stereocenters. The normalized spacial score (nSPS) is 12.4. The molecular weight excluding hydrogens is 324 g/mol. The van der Waals surface area contributed by atoms with E-state index in [1.807, 2.05) is 0 Å². The number of benzene rings is 1. The molecule has 0 aliphatic carbocycles. The van der Waals surface area contributed by atoms with Gasteiger partial charge in [0.2, 0.25) is 0 Å². The molecule has 1 N–H and O–H groups in total. The highest BCUT2D eigenvalue weighted by molar-refractivity contribution is 5.99. The zero-order valence-electron chi connectivity index (χ0n) is 14.5. The average Bonchev–Trinajstić information content (AvgIpc) is 2.50. The van der Waals surface area contributed by atoms with Crippen molar-refractivity contribution < 1.29 is 19.2 Å². The fourth-order valence-electron chi connectivity index (χ4n) is 1.95. The Hall–Kier alpha value is -2.96. The number of rotatable bonds is 7. The molecule has 25 heavy (non-hydrogen) atoms. The largest absolute Gasteiger partial charge is 0.444 e. The van der Waals surface area contributed by atoms with Crippen LogP contribution < -0.4 is 5.32 Å². The molecule has 0 saturated carbocycles. The molecule has 0 aliphatic rings. The molecule has 0 radical (unpaired) electrons. The number of nitrogens with zero attached hydrogens (tertiary/aromatic N) is 1. The van der Waals surface area contributed by atoms with Crippen molar-refractivity contribution in [3.63, 3.8) is 0 Å². The SMILES string of the molecule is C=CCC(NC(=O)OC(C)(C)C)C(=O)/C=C/c1ccccc1[N+](=O)[O-]. The molecule has 1 aromatic carbocycles. The summed E-state index contributed by atoms with van der Waals surface area (Å²) in [6.45, 7) is 8.70. The number of ether oxygens (including phenoxy) is 1. The topological polar surface area (TPSA) is 98.5 Å². The Morgan fingerprint density at radius 2 is 2.00 bits per heavy atom. The molecule has 0 fully saturated rings. The molecule has 0 aliphatic heterocycles. The van der Waals surface area contributed by atoms with Crippen molar-refractivity contribution in [1.29, 1.82) is 0 Å². The van der Waals surface area contributed by atoms with Crippen LogP contribution in [0.25, 0.3) is 6.08 Å². The van der Waals surface area contributed by atoms with Gasteiger partial charge in [0, 0.05) is 6.07 Å². The van der Waals surface area contributed by atoms with Crippen LogP contribution in [0.15, 0.2) is 43.0 Å². The Morgan fingerprint density at radius 3 is 2.56 bits per heavy atom. The molecule has 1 atom stereocenters. The van der Waals surface area contributed by atoms with E-state index in [0.717, 1.165) is 0 Å². The minimum atomic E-state index is -0.855. The predicted molar refractivity (Wildman–Crippen MR) is 95.1 cm³/mol. The van der Waals surface area contributed by atoms with E-state index in [9.17, 15) is 19.7 Å². The monoisotopic (exact) mass is 346 g/mol. The predicted octanol–water partition coefficient (Wildman–Crippen LogP) is 3.65. The number of para-hydroxylation sites is 1. The van der Waals surface area contributed by atoms with Crippen molar-refractivity contribution in [2.24, 2.45) is 0 Å². The molecule has 0 spiro atoms. The summed E-state index contributed by atoms with van der Waals surface area (Å²) >= 11 is 0. The lowest BCUT2D eigenvalue weighted by molar-refractivity contribution is -0.385. The van der Waals surface area contributed by atoms with E-state index >= 15 is 0 Å². The summed E-state index contributed by atoms with van der Waals surface area (Å²) in [6.07, 6.45) is 3.55. The van der Waals surface area contributed by atoms with Crippen molar-refractivity contribution in [1.82, 2.24) is 5.32 Å². The van der Waals surface area contributed by atoms with Gasteiger partial charge in [0.15, 0.2) is 5.78 Å². The first-order valence-electron chi connectivity index (χ1n) is 7.70. The second-order valence-electron chi connectivity index (χ2n) is 6.27. The highest BCUT2D eigenvalue weighted by atomic mass is 16.6. The maximum absolute atomic E-state index is 12.3. The van der Waals surface area contributed by atoms with Gasteiger partial charge in [0.05, 0.1) is 16.5 Å². The number of amides is 1. The smallest absolute Gasteiger partial charge is 0.408 e. The maximum atomic E-state index is 12.3. The Bertz CT molecular complexity index is 689. The molecule has 134 valence electrons. The van der Waals surface area contributed by atoms with Gasteiger partial charge in [-0.3, -0.25) is 14.9 Å². The van der Waals surface area contributed by atoms with E-state index < -0.39 is 28.4 Å². The lowest BCUT2D eigenvalue weighted by Gasteiger charge is -2.22. The fraction of sp³-hybridized carbons (Fsp3) is 0.333. The van der Waals surface area contributed by atoms with Crippen LogP contribution >= 0.6 is 0 Å². The highest BCUT2D eigenvalue weighted by Crippen LogP contribution is 2.19. The summed E-state index contributed by atoms with van der Waals surface area (Å²) < 4.78 is 5.13. The Morgan fingerprint density at radius 1 is 1.36 bits per heavy atom. The first-order chi connectivity index (χ1) is 11.6. The van der Waals surface area contributed by atoms with Crippen molar-refractivity contribution in [3.8, 4) is 0 Å². The molecule has 1 amide bonds. The molecular formula is C18H22N2O5. The minimum absolute atomic E-state index is 0.105. The zero-order chi connectivity index (χ0) is 19.0. The van der Waals surface area contributed by atoms with Crippen LogP contribution in [0.1, 0.15) is 32.8 Å². The minimum Gasteiger partial charge on any atom is -0.444 e. The van der Waals surface area contributed by atoms with Gasteiger partial charge in [0.25, 0.3) is 5.69 Å². The number of ketones is 1. The molecule has 7 nitrogen and oxygen atoms in total. The molecule has 0 saturated heterocycles. The van der Waals surface area contributed by atoms with Gasteiger partial charge >= 0.3 is 6.09 Å². The first kappa shape index (κ1) is 20.1. The third-order valence-corrected chi connectivity index (χ3v) is 3.00. The first-order valence-corrected chi connectivity index (χ1v) is 7.70. The van der Waals surface area contributed by atoms with Gasteiger partial charge in [-0.25, -0.2) is 4.79 Å². The number of nitro groups is 1. The number of carbonyl (C=O) groups excluding carboxylic acids is 2. The second-order valence-corrected chi connectivity index (χ2v) is 6.27. The molecule has 1 aromatic rings. The van der Waals surface area contributed by atoms with Crippen LogP contribution in [0.3, 0.4) is 0 Å². The number of hydrogen-bond acceptors (Lipinski definition) is 5. The Kier molecular flexibility index (Phi) is 7.05. The second kappa shape index (κ2) is 8.77. The number of hydrogen-bond donors (Lipinski definition) is 1. The van der Waals surface area contributed by atoms with Gasteiger partial charge < -0.3 is 10.1 Å². The molecule has 0 aromatic heterocycles. The number of alkyl carbamates (subject to hydrolysis) is 1. The number of carbonyl (C=O) groups is 2. The van der Waals surface area contributed by atoms with Gasteiger partial charge in [-0.2, -0.15) is 0 Å². The molecule has 0 bridgehead atoms. The highest BCUT2D eigenvalue weighted by Gasteiger charge is 2.22. The van der Waals surface area contributed by atoms with Crippen molar-refractivity contribution >= 4 is 23.6 Å². The third-order valence-electron chi connectivity index (χ3n) is 3.00. The van der Waals surface area contributed by atoms with Gasteiger partial charge in [-0.05, 0) is 45.4 Å². The van der Waals surface area contributed by atoms with Gasteiger partial charge in [-0.15, -0.1) is 6.58 Å². The Balaban J connectivity index is 2.88. The fourth-order valence-corrected chi connectivity index (χ4v) is 1.95. The molecule has 0 heterocycles. The summed E-state index contributed by atoms with van der Waals surface area (Å²) in [5, 5.41) is 13.5. The lowest BCUT2D eigenvalue weighted by Crippen LogP contribution is -2.42. The summed E-state index contributed by atoms with van der Waals surface area (Å²) in [4.78, 5) is 34.6. The summed E-state index contributed by atoms with van der Waals surface area (Å²) in [5.41, 5.74) is -0.491. The van der Waals surface area contributed by atoms with E-state index in [0.29, 0.717) is 5.56 Å². The summed E-state index contributed by atoms with van der Waals surface area (Å²) in [7, 11) is 0. The zero-order valence-corrected chi connectivity index (χ0v) is 14.5. The van der Waals surface area contributed by atoms with Crippen molar-refractivity contribution in [3.05, 3.63) is 58.7 Å². The van der Waals surface area contributed by atoms with Gasteiger partial charge in [-0.1, -0.05) is 18.2 Å². The lowest BCUT2D eigenvalue weighted by atomic mass is 10.1. The number of nitro benzene ring substituents is 1. The van der Waals surface area contributed by atoms with E-state index in [1.165, 1.54) is 30.4 Å². The Labute approximate surface area is 146 Å². The molecule has 1 rings (SSSR count). The van der Waals surface area contributed by atoms with Crippen LogP contribution in [0.2, 0.25) is 0 Å². The van der Waals surface area contributed by atoms with E-state index in [4.69, 9.17) is 4.74 Å². The van der Waals surface area contributed by atoms with E-state index in [1.54, 1.807) is 32.9 Å². The van der Waals surface area contributed by atoms with Crippen LogP contribution in [0, 0.1) is 10.1 Å². The van der Waals surface area contributed by atoms with Crippen LogP contribution in [0.4, 0.5) is 10.5 Å². The van der Waals surface area contributed by atoms with Crippen molar-refractivity contribution in [2.75, 3.05) is 0 Å². The maximum Gasteiger partial charge on any atom is 0.408 e. The summed E-state index contributed by atoms with van der Waals surface area (Å²) in [6, 6.07) is 5.21. The van der Waals surface area contributed by atoms with Gasteiger partial charge in [0.1, 0.15) is 5.60 Å². The number of nitrogens with one attached hydrogen (secondary N) is 1. The van der Waals surface area contributed by atoms with Crippen molar-refractivity contribution in [2.45, 2.75) is 38.8 Å². The van der Waals surface area contributed by atoms with Crippen LogP contribution in [-0.4, -0.2) is 28.4 Å². The van der Waals surface area contributed by atoms with E-state index in [-0.39, 0.29) is 12.1 Å². The average molecular weight is 346 g/mol. The standard InChI is InChI=1S/C18H22N2O5/c1-5-8-14(19-17(22)25-18(2,3)4)16(21)12-11-13-9-6-7-10-15(13)20(23)24/h5-7,9-12,14H,1,8H2,2-4H3,(H,19,22)/b12-11+. The van der Waals surface area contributed by atoms with E-state index in [2.05, 4.69) is 11.9 Å². The summed E-state index contributed by atoms with van der Waals surface area (Å²) in [5.74, 6) is -0.413.